The van der Waals surface area contributed by atoms with Crippen LogP contribution >= 0.6 is 0 Å². The molecule has 1 fully saturated rings. The quantitative estimate of drug-likeness (QED) is 0.586. The van der Waals surface area contributed by atoms with Crippen LogP contribution in [0.25, 0.3) is 0 Å². The summed E-state index contributed by atoms with van der Waals surface area (Å²) in [6.07, 6.45) is 7.65. The molecule has 9 heteroatoms. The molecule has 2 aromatic rings. The van der Waals surface area contributed by atoms with Crippen LogP contribution in [0.1, 0.15) is 85.3 Å². The van der Waals surface area contributed by atoms with Gasteiger partial charge in [-0.3, -0.25) is 14.3 Å². The minimum atomic E-state index is -1.19. The van der Waals surface area contributed by atoms with Gasteiger partial charge in [0.2, 0.25) is 5.91 Å². The molecule has 9 nitrogen and oxygen atoms in total. The van der Waals surface area contributed by atoms with Crippen LogP contribution in [0, 0.1) is 0 Å². The summed E-state index contributed by atoms with van der Waals surface area (Å²) >= 11 is 0. The van der Waals surface area contributed by atoms with Gasteiger partial charge in [0.05, 0.1) is 20.3 Å². The molecule has 1 aliphatic heterocycles. The topological polar surface area (TPSA) is 103 Å². The second kappa shape index (κ2) is 11.1. The fourth-order valence-electron chi connectivity index (χ4n) is 5.05. The van der Waals surface area contributed by atoms with Crippen molar-refractivity contribution in [3.63, 3.8) is 0 Å². The number of hydrogen-bond donors (Lipinski definition) is 1. The zero-order valence-electron chi connectivity index (χ0n) is 21.4. The number of nitrogens with one attached hydrogen (secondary N) is 1. The van der Waals surface area contributed by atoms with E-state index in [0.717, 1.165) is 31.2 Å². The lowest BCUT2D eigenvalue weighted by Crippen LogP contribution is -2.64. The SMILES string of the molecule is CCOC(=O)c1cc2n(n1)C[C@](C)(C(=O)NC1CCCCCCC1)N(Cc1ccc(OC)cc1)C2=O. The molecule has 1 aromatic carbocycles. The summed E-state index contributed by atoms with van der Waals surface area (Å²) in [5, 5.41) is 7.58. The fourth-order valence-corrected chi connectivity index (χ4v) is 5.05. The predicted molar refractivity (Wildman–Crippen MR) is 134 cm³/mol. The van der Waals surface area contributed by atoms with Gasteiger partial charge in [0.15, 0.2) is 5.69 Å². The van der Waals surface area contributed by atoms with Crippen molar-refractivity contribution in [2.75, 3.05) is 13.7 Å². The van der Waals surface area contributed by atoms with E-state index in [9.17, 15) is 14.4 Å². The van der Waals surface area contributed by atoms with Gasteiger partial charge in [0.1, 0.15) is 17.0 Å². The number of benzene rings is 1. The molecule has 0 bridgehead atoms. The van der Waals surface area contributed by atoms with Crippen LogP contribution in [-0.4, -0.2) is 57.8 Å². The van der Waals surface area contributed by atoms with Gasteiger partial charge in [-0.15, -0.1) is 0 Å². The predicted octanol–water partition coefficient (Wildman–Crippen LogP) is 3.71. The summed E-state index contributed by atoms with van der Waals surface area (Å²) in [6.45, 7) is 4.08. The second-order valence-corrected chi connectivity index (χ2v) is 9.82. The van der Waals surface area contributed by atoms with Gasteiger partial charge in [-0.05, 0) is 44.4 Å². The lowest BCUT2D eigenvalue weighted by molar-refractivity contribution is -0.134. The molecular formula is C27H36N4O5. The molecule has 0 radical (unpaired) electrons. The third-order valence-electron chi connectivity index (χ3n) is 7.21. The Morgan fingerprint density at radius 1 is 1.11 bits per heavy atom. The smallest absolute Gasteiger partial charge is 0.358 e. The van der Waals surface area contributed by atoms with E-state index in [0.29, 0.717) is 5.75 Å². The van der Waals surface area contributed by atoms with Crippen LogP contribution in [0.5, 0.6) is 5.75 Å². The average molecular weight is 497 g/mol. The molecule has 1 aliphatic carbocycles. The summed E-state index contributed by atoms with van der Waals surface area (Å²) in [6, 6.07) is 8.97. The first-order valence-corrected chi connectivity index (χ1v) is 12.9. The number of esters is 1. The van der Waals surface area contributed by atoms with Gasteiger partial charge in [-0.25, -0.2) is 4.79 Å². The third kappa shape index (κ3) is 5.39. The van der Waals surface area contributed by atoms with E-state index in [-0.39, 0.29) is 48.9 Å². The molecule has 1 saturated carbocycles. The Kier molecular flexibility index (Phi) is 7.96. The highest BCUT2D eigenvalue weighted by atomic mass is 16.5. The minimum Gasteiger partial charge on any atom is -0.497 e. The second-order valence-electron chi connectivity index (χ2n) is 9.82. The van der Waals surface area contributed by atoms with Crippen molar-refractivity contribution in [3.8, 4) is 5.75 Å². The van der Waals surface area contributed by atoms with Crippen molar-refractivity contribution in [3.05, 3.63) is 47.3 Å². The van der Waals surface area contributed by atoms with Crippen molar-refractivity contribution in [2.45, 2.75) is 83.5 Å². The first-order valence-electron chi connectivity index (χ1n) is 12.9. The molecule has 0 unspecified atom stereocenters. The first kappa shape index (κ1) is 25.7. The highest BCUT2D eigenvalue weighted by Gasteiger charge is 2.48. The average Bonchev–Trinajstić information content (AvgIpc) is 3.28. The highest BCUT2D eigenvalue weighted by molar-refractivity contribution is 6.01. The van der Waals surface area contributed by atoms with Crippen LogP contribution in [0.2, 0.25) is 0 Å². The van der Waals surface area contributed by atoms with E-state index >= 15 is 0 Å². The summed E-state index contributed by atoms with van der Waals surface area (Å²) in [5.74, 6) is -0.426. The Morgan fingerprint density at radius 3 is 2.42 bits per heavy atom. The normalized spacial score (nSPS) is 20.8. The van der Waals surface area contributed by atoms with E-state index in [4.69, 9.17) is 9.47 Å². The number of carbonyl (C=O) groups excluding carboxylic acids is 3. The van der Waals surface area contributed by atoms with Crippen molar-refractivity contribution >= 4 is 17.8 Å². The summed E-state index contributed by atoms with van der Waals surface area (Å²) in [5.41, 5.74) is 0.00872. The molecular weight excluding hydrogens is 460 g/mol. The number of amides is 2. The first-order chi connectivity index (χ1) is 17.4. The minimum absolute atomic E-state index is 0.0641. The molecule has 1 N–H and O–H groups in total. The number of methoxy groups -OCH3 is 1. The van der Waals surface area contributed by atoms with Crippen molar-refractivity contribution in [2.24, 2.45) is 0 Å². The molecule has 2 amide bonds. The van der Waals surface area contributed by atoms with Crippen molar-refractivity contribution in [1.82, 2.24) is 20.0 Å². The monoisotopic (exact) mass is 496 g/mol. The van der Waals surface area contributed by atoms with Crippen LogP contribution < -0.4 is 10.1 Å². The fraction of sp³-hybridized carbons (Fsp3) is 0.556. The van der Waals surface area contributed by atoms with Gasteiger partial charge in [-0.2, -0.15) is 5.10 Å². The van der Waals surface area contributed by atoms with Crippen LogP contribution in [0.4, 0.5) is 0 Å². The van der Waals surface area contributed by atoms with E-state index in [2.05, 4.69) is 10.4 Å². The number of hydrogen-bond acceptors (Lipinski definition) is 6. The highest BCUT2D eigenvalue weighted by Crippen LogP contribution is 2.31. The number of nitrogens with zero attached hydrogens (tertiary/aromatic N) is 3. The molecule has 2 aliphatic rings. The van der Waals surface area contributed by atoms with Crippen molar-refractivity contribution < 1.29 is 23.9 Å². The Bertz CT molecular complexity index is 1090. The number of carbonyl (C=O) groups is 3. The number of ether oxygens (including phenoxy) is 2. The molecule has 194 valence electrons. The summed E-state index contributed by atoms with van der Waals surface area (Å²) in [7, 11) is 1.60. The number of fused-ring (bicyclic) bond motifs is 1. The lowest BCUT2D eigenvalue weighted by Gasteiger charge is -2.44. The van der Waals surface area contributed by atoms with E-state index in [1.807, 2.05) is 24.3 Å². The third-order valence-corrected chi connectivity index (χ3v) is 7.21. The van der Waals surface area contributed by atoms with Crippen LogP contribution in [-0.2, 0) is 22.6 Å². The zero-order chi connectivity index (χ0) is 25.7. The van der Waals surface area contributed by atoms with Gasteiger partial charge in [0, 0.05) is 18.7 Å². The summed E-state index contributed by atoms with van der Waals surface area (Å²) < 4.78 is 11.8. The van der Waals surface area contributed by atoms with Gasteiger partial charge in [0.25, 0.3) is 5.91 Å². The maximum absolute atomic E-state index is 13.8. The molecule has 2 heterocycles. The van der Waals surface area contributed by atoms with Gasteiger partial charge >= 0.3 is 5.97 Å². The Balaban J connectivity index is 1.65. The largest absolute Gasteiger partial charge is 0.497 e. The van der Waals surface area contributed by atoms with Crippen molar-refractivity contribution in [1.29, 1.82) is 0 Å². The lowest BCUT2D eigenvalue weighted by atomic mass is 9.92. The maximum atomic E-state index is 13.8. The van der Waals surface area contributed by atoms with Crippen LogP contribution in [0.15, 0.2) is 30.3 Å². The molecule has 0 saturated heterocycles. The van der Waals surface area contributed by atoms with E-state index in [1.165, 1.54) is 30.0 Å². The maximum Gasteiger partial charge on any atom is 0.358 e. The molecule has 0 spiro atoms. The van der Waals surface area contributed by atoms with E-state index in [1.54, 1.807) is 25.9 Å². The van der Waals surface area contributed by atoms with Gasteiger partial charge < -0.3 is 19.7 Å². The van der Waals surface area contributed by atoms with Gasteiger partial charge in [-0.1, -0.05) is 44.2 Å². The molecule has 4 rings (SSSR count). The Hall–Kier alpha value is -3.36. The molecule has 1 aromatic heterocycles. The summed E-state index contributed by atoms with van der Waals surface area (Å²) in [4.78, 5) is 41.5. The number of rotatable bonds is 7. The zero-order valence-corrected chi connectivity index (χ0v) is 21.4. The Labute approximate surface area is 212 Å². The standard InChI is InChI=1S/C27H36N4O5/c1-4-36-25(33)22-16-23-24(32)30(17-19-12-14-21(35-3)15-13-19)27(2,18-31(23)29-22)26(34)28-20-10-8-6-5-7-9-11-20/h12-16,20H,4-11,17-18H2,1-3H3,(H,28,34)/t27-/m1/s1. The number of aromatic nitrogens is 2. The van der Waals surface area contributed by atoms with E-state index < -0.39 is 11.5 Å². The molecule has 36 heavy (non-hydrogen) atoms. The Morgan fingerprint density at radius 2 is 1.78 bits per heavy atom. The molecule has 1 atom stereocenters. The van der Waals surface area contributed by atoms with Crippen LogP contribution in [0.3, 0.4) is 0 Å².